The molecule has 2 aliphatic carbocycles. The molecule has 1 heterocycles. The topological polar surface area (TPSA) is 7.68 Å². The molecule has 3 unspecified atom stereocenters. The lowest BCUT2D eigenvalue weighted by molar-refractivity contribution is -1.01. The number of nitrogens with one attached hydrogen (secondary N) is 1. The van der Waals surface area contributed by atoms with E-state index in [1.165, 1.54) is 70.6 Å². The Bertz CT molecular complexity index is 360. The van der Waals surface area contributed by atoms with Gasteiger partial charge in [0.05, 0.1) is 13.1 Å². The van der Waals surface area contributed by atoms with E-state index in [9.17, 15) is 0 Å². The quantitative estimate of drug-likeness (QED) is 0.785. The third-order valence-electron chi connectivity index (χ3n) is 6.56. The molecule has 3 fully saturated rings. The molecule has 0 aromatic heterocycles. The van der Waals surface area contributed by atoms with Crippen molar-refractivity contribution in [2.75, 3.05) is 13.6 Å². The summed E-state index contributed by atoms with van der Waals surface area (Å²) in [5.41, 5.74) is 0. The van der Waals surface area contributed by atoms with E-state index in [4.69, 9.17) is 6.42 Å². The van der Waals surface area contributed by atoms with Crippen LogP contribution in [0.2, 0.25) is 0 Å². The minimum atomic E-state index is 0.758. The number of hydrogen-bond donors (Lipinski definition) is 1. The minimum absolute atomic E-state index is 0.758. The van der Waals surface area contributed by atoms with Gasteiger partial charge in [-0.1, -0.05) is 44.4 Å². The first kappa shape index (κ1) is 15.4. The van der Waals surface area contributed by atoms with Crippen LogP contribution in [0.15, 0.2) is 0 Å². The maximum absolute atomic E-state index is 5.68. The fraction of sp³-hybridized carbons (Fsp3) is 0.895. The highest BCUT2D eigenvalue weighted by atomic mass is 15.7. The summed E-state index contributed by atoms with van der Waals surface area (Å²) in [5.74, 6) is 4.80. The average molecular weight is 289 g/mol. The molecule has 0 spiro atoms. The molecule has 0 bridgehead atoms. The van der Waals surface area contributed by atoms with Gasteiger partial charge in [-0.15, -0.1) is 11.4 Å². The van der Waals surface area contributed by atoms with Crippen molar-refractivity contribution in [1.29, 1.82) is 0 Å². The van der Waals surface area contributed by atoms with Crippen LogP contribution in [0.4, 0.5) is 0 Å². The van der Waals surface area contributed by atoms with Crippen molar-refractivity contribution in [1.82, 2.24) is 5.01 Å². The Balaban J connectivity index is 1.70. The molecule has 21 heavy (non-hydrogen) atoms. The van der Waals surface area contributed by atoms with Crippen LogP contribution in [-0.2, 0) is 0 Å². The summed E-state index contributed by atoms with van der Waals surface area (Å²) in [4.78, 5) is 0. The van der Waals surface area contributed by atoms with Crippen molar-refractivity contribution < 1.29 is 5.01 Å². The first-order chi connectivity index (χ1) is 10.3. The zero-order valence-electron chi connectivity index (χ0n) is 13.8. The summed E-state index contributed by atoms with van der Waals surface area (Å²) in [6.45, 7) is 0.843. The number of terminal acetylenes is 1. The Hall–Kier alpha value is -0.520. The molecule has 0 aromatic rings. The van der Waals surface area contributed by atoms with E-state index in [2.05, 4.69) is 18.0 Å². The molecular weight excluding hydrogens is 256 g/mol. The predicted octanol–water partition coefficient (Wildman–Crippen LogP) is 2.65. The molecule has 0 aromatic carbocycles. The Kier molecular flexibility index (Phi) is 5.24. The molecule has 3 aliphatic rings. The van der Waals surface area contributed by atoms with Crippen LogP contribution >= 0.6 is 0 Å². The summed E-state index contributed by atoms with van der Waals surface area (Å²) in [7, 11) is 2.39. The molecular formula is C19H33N2+. The molecule has 1 N–H and O–H groups in total. The van der Waals surface area contributed by atoms with Gasteiger partial charge in [-0.3, -0.25) is 5.01 Å². The van der Waals surface area contributed by atoms with Crippen molar-refractivity contribution in [3.05, 3.63) is 0 Å². The Labute approximate surface area is 131 Å². The maximum atomic E-state index is 5.68. The van der Waals surface area contributed by atoms with Gasteiger partial charge < -0.3 is 0 Å². The third-order valence-corrected chi connectivity index (χ3v) is 6.56. The third kappa shape index (κ3) is 3.30. The minimum Gasteiger partial charge on any atom is -0.253 e. The Morgan fingerprint density at radius 1 is 0.952 bits per heavy atom. The van der Waals surface area contributed by atoms with Crippen molar-refractivity contribution in [2.24, 2.45) is 11.8 Å². The van der Waals surface area contributed by atoms with Crippen LogP contribution in [0, 0.1) is 24.2 Å². The molecule has 0 amide bonds. The molecule has 118 valence electrons. The second-order valence-corrected chi connectivity index (χ2v) is 7.68. The van der Waals surface area contributed by atoms with Crippen molar-refractivity contribution in [3.8, 4) is 12.3 Å². The first-order valence-corrected chi connectivity index (χ1v) is 9.35. The van der Waals surface area contributed by atoms with Crippen molar-refractivity contribution in [2.45, 2.75) is 82.7 Å². The molecule has 1 aliphatic heterocycles. The summed E-state index contributed by atoms with van der Waals surface area (Å²) in [6, 6.07) is 1.60. The van der Waals surface area contributed by atoms with Gasteiger partial charge in [-0.2, -0.15) is 0 Å². The van der Waals surface area contributed by atoms with Crippen LogP contribution in [-0.4, -0.2) is 30.7 Å². The van der Waals surface area contributed by atoms with E-state index < -0.39 is 0 Å². The van der Waals surface area contributed by atoms with Gasteiger partial charge in [0.25, 0.3) is 0 Å². The fourth-order valence-corrected chi connectivity index (χ4v) is 5.41. The maximum Gasteiger partial charge on any atom is 0.109 e. The summed E-state index contributed by atoms with van der Waals surface area (Å²) in [6.07, 6.45) is 21.6. The molecule has 2 saturated carbocycles. The fourth-order valence-electron chi connectivity index (χ4n) is 5.41. The van der Waals surface area contributed by atoms with Gasteiger partial charge in [-0.05, 0) is 31.6 Å². The number of rotatable bonds is 3. The van der Waals surface area contributed by atoms with E-state index in [1.807, 2.05) is 0 Å². The van der Waals surface area contributed by atoms with Crippen molar-refractivity contribution >= 4 is 0 Å². The standard InChI is InChI=1S/C19H32N2/c1-3-14-21-19(17-12-8-5-9-13-17)15-18(20(21)2)16-10-6-4-7-11-16/h1,16-19H,4-15H2,2H3/p+1. The second kappa shape index (κ2) is 7.16. The highest BCUT2D eigenvalue weighted by Gasteiger charge is 2.47. The lowest BCUT2D eigenvalue weighted by Gasteiger charge is -2.33. The van der Waals surface area contributed by atoms with Crippen LogP contribution in [0.3, 0.4) is 0 Å². The van der Waals surface area contributed by atoms with Gasteiger partial charge in [0.1, 0.15) is 12.6 Å². The predicted molar refractivity (Wildman–Crippen MR) is 87.8 cm³/mol. The summed E-state index contributed by atoms with van der Waals surface area (Å²) >= 11 is 0. The van der Waals surface area contributed by atoms with E-state index in [1.54, 1.807) is 5.01 Å². The zero-order valence-corrected chi connectivity index (χ0v) is 13.8. The normalized spacial score (nSPS) is 36.7. The van der Waals surface area contributed by atoms with Gasteiger partial charge in [-0.25, -0.2) is 0 Å². The first-order valence-electron chi connectivity index (χ1n) is 9.35. The van der Waals surface area contributed by atoms with E-state index >= 15 is 0 Å². The van der Waals surface area contributed by atoms with Gasteiger partial charge in [0, 0.05) is 12.3 Å². The molecule has 3 atom stereocenters. The van der Waals surface area contributed by atoms with Crippen LogP contribution in [0.5, 0.6) is 0 Å². The van der Waals surface area contributed by atoms with Crippen molar-refractivity contribution in [3.63, 3.8) is 0 Å². The molecule has 1 saturated heterocycles. The van der Waals surface area contributed by atoms with Gasteiger partial charge in [0.15, 0.2) is 0 Å². The smallest absolute Gasteiger partial charge is 0.109 e. The lowest BCUT2D eigenvalue weighted by atomic mass is 9.78. The van der Waals surface area contributed by atoms with E-state index in [-0.39, 0.29) is 0 Å². The number of nitrogens with zero attached hydrogens (tertiary/aromatic N) is 1. The summed E-state index contributed by atoms with van der Waals surface area (Å²) < 4.78 is 0. The molecule has 2 nitrogen and oxygen atoms in total. The second-order valence-electron chi connectivity index (χ2n) is 7.68. The molecule has 0 radical (unpaired) electrons. The lowest BCUT2D eigenvalue weighted by Crippen LogP contribution is -3.17. The number of hydrogen-bond acceptors (Lipinski definition) is 1. The average Bonchev–Trinajstić information content (AvgIpc) is 2.87. The summed E-state index contributed by atoms with van der Waals surface area (Å²) in [5, 5.41) is 4.27. The van der Waals surface area contributed by atoms with Crippen LogP contribution in [0.25, 0.3) is 0 Å². The Morgan fingerprint density at radius 3 is 2.10 bits per heavy atom. The van der Waals surface area contributed by atoms with Gasteiger partial charge >= 0.3 is 0 Å². The highest BCUT2D eigenvalue weighted by Crippen LogP contribution is 2.35. The zero-order chi connectivity index (χ0) is 14.7. The monoisotopic (exact) mass is 289 g/mol. The van der Waals surface area contributed by atoms with Crippen LogP contribution in [0.1, 0.15) is 70.6 Å². The highest BCUT2D eigenvalue weighted by molar-refractivity contribution is 4.93. The number of quaternary nitrogens is 1. The van der Waals surface area contributed by atoms with E-state index in [0.29, 0.717) is 0 Å². The van der Waals surface area contributed by atoms with E-state index in [0.717, 1.165) is 30.5 Å². The Morgan fingerprint density at radius 2 is 1.52 bits per heavy atom. The SMILES string of the molecule is C#CCN1C(C2CCCCC2)CC(C2CCCCC2)[NH+]1C. The van der Waals surface area contributed by atoms with Gasteiger partial charge in [0.2, 0.25) is 0 Å². The molecule has 2 heteroatoms. The largest absolute Gasteiger partial charge is 0.253 e. The molecule has 3 rings (SSSR count). The van der Waals surface area contributed by atoms with Crippen LogP contribution < -0.4 is 5.01 Å².